The van der Waals surface area contributed by atoms with E-state index in [4.69, 9.17) is 0 Å². The maximum Gasteiger partial charge on any atom is 0.0944 e. The summed E-state index contributed by atoms with van der Waals surface area (Å²) in [6.07, 6.45) is 3.91. The summed E-state index contributed by atoms with van der Waals surface area (Å²) in [5, 5.41) is 2.44. The Bertz CT molecular complexity index is 608. The van der Waals surface area contributed by atoms with Crippen LogP contribution in [0.2, 0.25) is 0 Å². The Morgan fingerprint density at radius 1 is 1.07 bits per heavy atom. The van der Waals surface area contributed by atoms with Crippen LogP contribution in [0.4, 0.5) is 0 Å². The Morgan fingerprint density at radius 3 is 2.86 bits per heavy atom. The molecule has 0 atom stereocenters. The van der Waals surface area contributed by atoms with Crippen molar-refractivity contribution < 1.29 is 0 Å². The predicted molar refractivity (Wildman–Crippen MR) is 58.2 cm³/mol. The molecule has 14 heavy (non-hydrogen) atoms. The molecule has 0 bridgehead atoms. The minimum Gasteiger partial charge on any atom is -0.349 e. The van der Waals surface area contributed by atoms with E-state index in [1.54, 1.807) is 0 Å². The zero-order valence-electron chi connectivity index (χ0n) is 7.94. The molecule has 0 aliphatic rings. The summed E-state index contributed by atoms with van der Waals surface area (Å²) >= 11 is 0. The van der Waals surface area contributed by atoms with Gasteiger partial charge in [0.05, 0.1) is 11.0 Å². The van der Waals surface area contributed by atoms with Crippen molar-refractivity contribution in [3.8, 4) is 0 Å². The van der Waals surface area contributed by atoms with E-state index in [0.29, 0.717) is 0 Å². The van der Waals surface area contributed by atoms with E-state index < -0.39 is 0 Å². The molecule has 2 aromatic heterocycles. The summed E-state index contributed by atoms with van der Waals surface area (Å²) in [4.78, 5) is 4.42. The molecule has 0 saturated carbocycles. The number of pyridine rings is 1. The number of aryl methyl sites for hydroxylation is 1. The van der Waals surface area contributed by atoms with Gasteiger partial charge in [0.25, 0.3) is 0 Å². The number of rotatable bonds is 0. The first-order valence-electron chi connectivity index (χ1n) is 4.65. The van der Waals surface area contributed by atoms with Crippen molar-refractivity contribution >= 4 is 21.8 Å². The number of benzene rings is 1. The normalized spacial score (nSPS) is 11.2. The lowest BCUT2D eigenvalue weighted by Gasteiger charge is -2.01. The molecule has 2 heterocycles. The molecule has 0 amide bonds. The van der Waals surface area contributed by atoms with Gasteiger partial charge in [-0.05, 0) is 12.1 Å². The molecule has 0 saturated heterocycles. The van der Waals surface area contributed by atoms with Gasteiger partial charge in [0, 0.05) is 30.2 Å². The topological polar surface area (TPSA) is 17.8 Å². The fourth-order valence-corrected chi connectivity index (χ4v) is 1.92. The van der Waals surface area contributed by atoms with Gasteiger partial charge in [0.1, 0.15) is 0 Å². The van der Waals surface area contributed by atoms with Gasteiger partial charge < -0.3 is 4.57 Å². The maximum absolute atomic E-state index is 4.42. The van der Waals surface area contributed by atoms with E-state index in [1.165, 1.54) is 16.3 Å². The third kappa shape index (κ3) is 0.880. The van der Waals surface area contributed by atoms with E-state index in [0.717, 1.165) is 5.52 Å². The third-order valence-corrected chi connectivity index (χ3v) is 2.61. The average Bonchev–Trinajstić information content (AvgIpc) is 2.61. The summed E-state index contributed by atoms with van der Waals surface area (Å²) in [6, 6.07) is 10.4. The lowest BCUT2D eigenvalue weighted by molar-refractivity contribution is 0.971. The SMILES string of the molecule is Cn1ccc2ccc3cccnc3c21. The molecular formula is C12H10N2. The average molecular weight is 182 g/mol. The van der Waals surface area contributed by atoms with Gasteiger partial charge in [-0.3, -0.25) is 4.98 Å². The number of nitrogens with zero attached hydrogens (tertiary/aromatic N) is 2. The summed E-state index contributed by atoms with van der Waals surface area (Å²) in [5.74, 6) is 0. The second-order valence-electron chi connectivity index (χ2n) is 3.51. The first-order valence-corrected chi connectivity index (χ1v) is 4.65. The quantitative estimate of drug-likeness (QED) is 0.522. The van der Waals surface area contributed by atoms with Gasteiger partial charge in [-0.25, -0.2) is 0 Å². The summed E-state index contributed by atoms with van der Waals surface area (Å²) < 4.78 is 2.12. The fourth-order valence-electron chi connectivity index (χ4n) is 1.92. The highest BCUT2D eigenvalue weighted by atomic mass is 14.9. The first-order chi connectivity index (χ1) is 6.86. The highest BCUT2D eigenvalue weighted by molar-refractivity contribution is 6.03. The zero-order chi connectivity index (χ0) is 9.54. The molecule has 0 spiro atoms. The van der Waals surface area contributed by atoms with Gasteiger partial charge in [-0.2, -0.15) is 0 Å². The van der Waals surface area contributed by atoms with Gasteiger partial charge in [-0.1, -0.05) is 18.2 Å². The Kier molecular flexibility index (Phi) is 1.39. The molecule has 3 aromatic rings. The fraction of sp³-hybridized carbons (Fsp3) is 0.0833. The predicted octanol–water partition coefficient (Wildman–Crippen LogP) is 2.73. The molecule has 0 unspecified atom stereocenters. The highest BCUT2D eigenvalue weighted by Crippen LogP contribution is 2.23. The Labute approximate surface area is 81.8 Å². The lowest BCUT2D eigenvalue weighted by atomic mass is 10.1. The molecular weight excluding hydrogens is 172 g/mol. The first kappa shape index (κ1) is 7.56. The summed E-state index contributed by atoms with van der Waals surface area (Å²) in [7, 11) is 2.05. The van der Waals surface area contributed by atoms with Crippen LogP contribution >= 0.6 is 0 Å². The molecule has 1 aromatic carbocycles. The van der Waals surface area contributed by atoms with Gasteiger partial charge in [0.2, 0.25) is 0 Å². The Morgan fingerprint density at radius 2 is 1.93 bits per heavy atom. The number of hydrogen-bond donors (Lipinski definition) is 0. The van der Waals surface area contributed by atoms with Crippen molar-refractivity contribution in [3.05, 3.63) is 42.7 Å². The van der Waals surface area contributed by atoms with Crippen LogP contribution in [-0.2, 0) is 7.05 Å². The maximum atomic E-state index is 4.42. The van der Waals surface area contributed by atoms with Gasteiger partial charge in [-0.15, -0.1) is 0 Å². The van der Waals surface area contributed by atoms with E-state index in [2.05, 4.69) is 47.1 Å². The van der Waals surface area contributed by atoms with Gasteiger partial charge in [0.15, 0.2) is 0 Å². The van der Waals surface area contributed by atoms with Crippen LogP contribution in [0.3, 0.4) is 0 Å². The molecule has 0 aliphatic heterocycles. The van der Waals surface area contributed by atoms with Crippen molar-refractivity contribution in [2.75, 3.05) is 0 Å². The molecule has 0 aliphatic carbocycles. The standard InChI is InChI=1S/C12H10N2/c1-14-8-6-10-5-4-9-3-2-7-13-11(9)12(10)14/h2-8H,1H3. The van der Waals surface area contributed by atoms with Crippen molar-refractivity contribution in [3.63, 3.8) is 0 Å². The molecule has 2 nitrogen and oxygen atoms in total. The molecule has 0 radical (unpaired) electrons. The second kappa shape index (κ2) is 2.58. The van der Waals surface area contributed by atoms with Crippen LogP contribution in [0.25, 0.3) is 21.8 Å². The number of hydrogen-bond acceptors (Lipinski definition) is 1. The highest BCUT2D eigenvalue weighted by Gasteiger charge is 2.03. The van der Waals surface area contributed by atoms with Crippen molar-refractivity contribution in [1.29, 1.82) is 0 Å². The van der Waals surface area contributed by atoms with E-state index >= 15 is 0 Å². The summed E-state index contributed by atoms with van der Waals surface area (Å²) in [6.45, 7) is 0. The lowest BCUT2D eigenvalue weighted by Crippen LogP contribution is -1.87. The van der Waals surface area contributed by atoms with Crippen LogP contribution in [0.15, 0.2) is 42.7 Å². The summed E-state index contributed by atoms with van der Waals surface area (Å²) in [5.41, 5.74) is 2.29. The number of fused-ring (bicyclic) bond motifs is 3. The van der Waals surface area contributed by atoms with E-state index in [9.17, 15) is 0 Å². The van der Waals surface area contributed by atoms with Crippen LogP contribution in [0, 0.1) is 0 Å². The van der Waals surface area contributed by atoms with Crippen LogP contribution in [-0.4, -0.2) is 9.55 Å². The molecule has 2 heteroatoms. The number of aromatic nitrogens is 2. The Hall–Kier alpha value is -1.83. The van der Waals surface area contributed by atoms with Crippen molar-refractivity contribution in [2.24, 2.45) is 7.05 Å². The minimum absolute atomic E-state index is 1.08. The second-order valence-corrected chi connectivity index (χ2v) is 3.51. The zero-order valence-corrected chi connectivity index (χ0v) is 7.94. The van der Waals surface area contributed by atoms with Crippen LogP contribution in [0.1, 0.15) is 0 Å². The van der Waals surface area contributed by atoms with E-state index in [1.807, 2.05) is 12.3 Å². The molecule has 68 valence electrons. The minimum atomic E-state index is 1.08. The molecule has 3 rings (SSSR count). The van der Waals surface area contributed by atoms with Gasteiger partial charge >= 0.3 is 0 Å². The van der Waals surface area contributed by atoms with Crippen molar-refractivity contribution in [2.45, 2.75) is 0 Å². The van der Waals surface area contributed by atoms with E-state index in [-0.39, 0.29) is 0 Å². The third-order valence-electron chi connectivity index (χ3n) is 2.61. The largest absolute Gasteiger partial charge is 0.349 e. The van der Waals surface area contributed by atoms with Crippen LogP contribution < -0.4 is 0 Å². The Balaban J connectivity index is 2.65. The van der Waals surface area contributed by atoms with Crippen molar-refractivity contribution in [1.82, 2.24) is 9.55 Å². The van der Waals surface area contributed by atoms with Crippen LogP contribution in [0.5, 0.6) is 0 Å². The monoisotopic (exact) mass is 182 g/mol. The molecule has 0 fully saturated rings. The smallest absolute Gasteiger partial charge is 0.0944 e. The molecule has 0 N–H and O–H groups in total.